The molecule has 2 atom stereocenters. The van der Waals surface area contributed by atoms with Crippen molar-refractivity contribution in [3.05, 3.63) is 150 Å². The maximum atomic E-state index is 7.11. The second-order valence-electron chi connectivity index (χ2n) is 23.0. The Labute approximate surface area is 377 Å². The molecule has 5 aromatic carbocycles. The minimum Gasteiger partial charge on any atom is -0.457 e. The van der Waals surface area contributed by atoms with E-state index in [9.17, 15) is 0 Å². The highest BCUT2D eigenvalue weighted by Gasteiger charge is 2.78. The lowest BCUT2D eigenvalue weighted by molar-refractivity contribution is 0.415. The van der Waals surface area contributed by atoms with E-state index in [0.717, 1.165) is 41.2 Å². The molecule has 5 nitrogen and oxygen atoms in total. The Bertz CT molecular complexity index is 2940. The number of aromatic nitrogens is 2. The minimum absolute atomic E-state index is 0.00224. The number of rotatable bonds is 8. The van der Waals surface area contributed by atoms with Crippen molar-refractivity contribution in [3.8, 4) is 17.3 Å². The Morgan fingerprint density at radius 2 is 1.06 bits per heavy atom. The molecule has 2 aliphatic rings. The predicted octanol–water partition coefficient (Wildman–Crippen LogP) is 16.6. The van der Waals surface area contributed by atoms with Gasteiger partial charge in [0.2, 0.25) is 11.4 Å². The van der Waals surface area contributed by atoms with Crippen LogP contribution in [0, 0.1) is 6.67 Å². The van der Waals surface area contributed by atoms with Gasteiger partial charge in [0.05, 0.1) is 11.0 Å². The van der Waals surface area contributed by atoms with E-state index in [1.165, 1.54) is 61.3 Å². The minimum atomic E-state index is -0.114. The van der Waals surface area contributed by atoms with E-state index in [1.54, 1.807) is 0 Å². The summed E-state index contributed by atoms with van der Waals surface area (Å²) in [6.45, 7) is 37.1. The van der Waals surface area contributed by atoms with Crippen LogP contribution in [0.1, 0.15) is 145 Å². The normalized spacial score (nSPS) is 18.9. The summed E-state index contributed by atoms with van der Waals surface area (Å²) in [6, 6.07) is 41.5. The quantitative estimate of drug-likeness (QED) is 0.0866. The Morgan fingerprint density at radius 3 is 1.71 bits per heavy atom. The molecule has 326 valence electrons. The summed E-state index contributed by atoms with van der Waals surface area (Å²) in [5, 5.41) is 2.39. The Balaban J connectivity index is 1.21. The van der Waals surface area contributed by atoms with Gasteiger partial charge in [-0.25, -0.2) is 4.98 Å². The molecule has 63 heavy (non-hydrogen) atoms. The molecule has 0 radical (unpaired) electrons. The lowest BCUT2D eigenvalue weighted by Gasteiger charge is -2.41. The Morgan fingerprint density at radius 1 is 0.492 bits per heavy atom. The molecule has 4 heterocycles. The van der Waals surface area contributed by atoms with Gasteiger partial charge < -0.3 is 4.74 Å². The first kappa shape index (κ1) is 43.0. The molecule has 1 fully saturated rings. The highest BCUT2D eigenvalue weighted by molar-refractivity contribution is 6.09. The number of hydrogen-bond acceptors (Lipinski definition) is 2. The largest absolute Gasteiger partial charge is 0.457 e. The zero-order valence-corrected chi connectivity index (χ0v) is 40.7. The molecular weight excluding hydrogens is 769 g/mol. The monoisotopic (exact) mass is 838 g/mol. The summed E-state index contributed by atoms with van der Waals surface area (Å²) in [4.78, 5) is 5.01. The van der Waals surface area contributed by atoms with Crippen molar-refractivity contribution in [2.75, 3.05) is 0 Å². The molecule has 2 aliphatic heterocycles. The third-order valence-electron chi connectivity index (χ3n) is 14.7. The van der Waals surface area contributed by atoms with Gasteiger partial charge >= 0.3 is 0 Å². The first-order chi connectivity index (χ1) is 29.4. The molecule has 2 aromatic heterocycles. The molecule has 0 aliphatic carbocycles. The number of fused-ring (bicyclic) bond motifs is 7. The van der Waals surface area contributed by atoms with Crippen molar-refractivity contribution in [2.45, 2.75) is 144 Å². The van der Waals surface area contributed by atoms with Crippen LogP contribution >= 0.6 is 0 Å². The number of quaternary nitrogens is 2. The molecule has 0 saturated carbocycles. The second-order valence-corrected chi connectivity index (χ2v) is 23.0. The summed E-state index contributed by atoms with van der Waals surface area (Å²) in [5.41, 5.74) is 14.0. The molecule has 9 rings (SSSR count). The van der Waals surface area contributed by atoms with Gasteiger partial charge in [-0.2, -0.15) is 9.18 Å². The second kappa shape index (κ2) is 14.1. The van der Waals surface area contributed by atoms with Crippen molar-refractivity contribution in [3.63, 3.8) is 0 Å². The van der Waals surface area contributed by atoms with Crippen LogP contribution in [-0.2, 0) is 27.1 Å². The fourth-order valence-corrected chi connectivity index (χ4v) is 9.91. The van der Waals surface area contributed by atoms with Crippen LogP contribution in [0.15, 0.2) is 115 Å². The van der Waals surface area contributed by atoms with Gasteiger partial charge in [0.15, 0.2) is 18.0 Å². The van der Waals surface area contributed by atoms with Crippen LogP contribution in [0.5, 0.6) is 11.5 Å². The van der Waals surface area contributed by atoms with Crippen molar-refractivity contribution < 1.29 is 4.74 Å². The number of nitrogens with zero attached hydrogens (tertiary/aromatic N) is 4. The van der Waals surface area contributed by atoms with Gasteiger partial charge in [0, 0.05) is 59.4 Å². The summed E-state index contributed by atoms with van der Waals surface area (Å²) in [6.07, 6.45) is 4.15. The number of pyridine rings is 1. The van der Waals surface area contributed by atoms with Crippen molar-refractivity contribution in [1.82, 2.24) is 18.7 Å². The molecule has 1 unspecified atom stereocenters. The molecule has 0 amide bonds. The summed E-state index contributed by atoms with van der Waals surface area (Å²) in [7, 11) is 0. The van der Waals surface area contributed by atoms with Crippen LogP contribution in [-0.4, -0.2) is 9.55 Å². The van der Waals surface area contributed by atoms with Gasteiger partial charge in [-0.3, -0.25) is 4.57 Å². The van der Waals surface area contributed by atoms with E-state index in [1.807, 2.05) is 6.20 Å². The molecular formula is C58H69N4O+. The maximum absolute atomic E-state index is 7.11. The van der Waals surface area contributed by atoms with E-state index in [0.29, 0.717) is 9.18 Å². The SMILES string of the molecule is CCC(C)(CC)c1cccc([N@+]23[CH-][N+]2(c2cc(Oc4ccc5c6ccc(C(C)(C)C)cc6n(-c6cc(C(C)(C)C)ccn6)c5c4)cc(C(C)(C)C)c2)c2ccc(C(C)(C)C)cc23)c1. The molecule has 1 saturated heterocycles. The first-order valence-corrected chi connectivity index (χ1v) is 23.3. The lowest BCUT2D eigenvalue weighted by atomic mass is 9.77. The maximum Gasteiger partial charge on any atom is 0.225 e. The van der Waals surface area contributed by atoms with Crippen LogP contribution in [0.25, 0.3) is 27.6 Å². The van der Waals surface area contributed by atoms with Crippen LogP contribution < -0.4 is 13.9 Å². The van der Waals surface area contributed by atoms with E-state index in [-0.39, 0.29) is 27.1 Å². The van der Waals surface area contributed by atoms with Crippen LogP contribution in [0.3, 0.4) is 0 Å². The third kappa shape index (κ3) is 6.76. The van der Waals surface area contributed by atoms with Crippen molar-refractivity contribution >= 4 is 44.6 Å². The predicted molar refractivity (Wildman–Crippen MR) is 268 cm³/mol. The average molecular weight is 838 g/mol. The molecule has 0 N–H and O–H groups in total. The molecule has 7 aromatic rings. The number of benzene rings is 5. The van der Waals surface area contributed by atoms with Crippen LogP contribution in [0.4, 0.5) is 22.7 Å². The van der Waals surface area contributed by atoms with Gasteiger partial charge in [-0.05, 0) is 104 Å². The van der Waals surface area contributed by atoms with Crippen molar-refractivity contribution in [2.24, 2.45) is 0 Å². The number of hydrogen-bond donors (Lipinski definition) is 0. The average Bonchev–Trinajstić information content (AvgIpc) is 3.72. The van der Waals surface area contributed by atoms with Gasteiger partial charge in [0.1, 0.15) is 17.3 Å². The number of ether oxygens (including phenoxy) is 1. The highest BCUT2D eigenvalue weighted by atomic mass is 16.5. The lowest BCUT2D eigenvalue weighted by Crippen LogP contribution is -2.47. The standard InChI is InChI=1S/C58H69N4O/c1-16-58(15,17-2)41-19-18-20-43(29-41)61-37-62(61,51-26-22-39(33-52(51)61)55(6,7)8)44-30-42(57(12,13)14)31-46(35-44)63-45-23-25-48-47-24-21-38(54(3,4)5)32-49(47)60(50(48)36-45)53-34-40(27-28-59-53)56(9,10)11/h18-37H,16-17H2,1-15H3/q+1/t61-,62?/m0/s1. The summed E-state index contributed by atoms with van der Waals surface area (Å²) < 4.78 is 10.7. The fourth-order valence-electron chi connectivity index (χ4n) is 9.91. The summed E-state index contributed by atoms with van der Waals surface area (Å²) >= 11 is 0. The molecule has 5 heteroatoms. The van der Waals surface area contributed by atoms with E-state index in [2.05, 4.69) is 224 Å². The zero-order valence-electron chi connectivity index (χ0n) is 40.7. The smallest absolute Gasteiger partial charge is 0.225 e. The topological polar surface area (TPSA) is 27.1 Å². The Kier molecular flexibility index (Phi) is 9.66. The van der Waals surface area contributed by atoms with Gasteiger partial charge in [-0.15, -0.1) is 0 Å². The molecule has 0 spiro atoms. The third-order valence-corrected chi connectivity index (χ3v) is 14.7. The zero-order chi connectivity index (χ0) is 45.3. The van der Waals surface area contributed by atoms with Crippen LogP contribution in [0.2, 0.25) is 0 Å². The van der Waals surface area contributed by atoms with Crippen molar-refractivity contribution in [1.29, 1.82) is 0 Å². The first-order valence-electron chi connectivity index (χ1n) is 23.3. The van der Waals surface area contributed by atoms with Gasteiger partial charge in [0.25, 0.3) is 0 Å². The van der Waals surface area contributed by atoms with Gasteiger partial charge in [-0.1, -0.05) is 134 Å². The van der Waals surface area contributed by atoms with E-state index < -0.39 is 0 Å². The highest BCUT2D eigenvalue weighted by Crippen LogP contribution is 2.76. The van der Waals surface area contributed by atoms with E-state index >= 15 is 0 Å². The Hall–Kier alpha value is -5.23. The van der Waals surface area contributed by atoms with E-state index in [4.69, 9.17) is 9.72 Å². The molecule has 0 bridgehead atoms. The fraction of sp³-hybridized carbons (Fsp3) is 0.379. The summed E-state index contributed by atoms with van der Waals surface area (Å²) in [5.74, 6) is 2.55.